The number of hydrogen-bond acceptors (Lipinski definition) is 7. The van der Waals surface area contributed by atoms with Crippen molar-refractivity contribution in [3.05, 3.63) is 31.9 Å². The minimum Gasteiger partial charge on any atom is -0.383 e. The average Bonchev–Trinajstić information content (AvgIpc) is 3.06. The molecule has 1 amide bonds. The number of piperidine rings is 1. The first-order valence-corrected chi connectivity index (χ1v) is 12.7. The third kappa shape index (κ3) is 5.34. The summed E-state index contributed by atoms with van der Waals surface area (Å²) in [5.74, 6) is 1.29. The molecule has 0 spiro atoms. The number of rotatable bonds is 8. The number of nitrogens with zero attached hydrogens (tertiary/aromatic N) is 4. The van der Waals surface area contributed by atoms with Gasteiger partial charge in [0, 0.05) is 32.3 Å². The Hall–Kier alpha value is -2.15. The Morgan fingerprint density at radius 3 is 2.58 bits per heavy atom. The van der Waals surface area contributed by atoms with E-state index in [4.69, 9.17) is 17.0 Å². The van der Waals surface area contributed by atoms with Crippen LogP contribution in [0.5, 0.6) is 0 Å². The zero-order valence-electron chi connectivity index (χ0n) is 19.8. The predicted octanol–water partition coefficient (Wildman–Crippen LogP) is 3.91. The van der Waals surface area contributed by atoms with Gasteiger partial charge in [0.25, 0.3) is 11.5 Å². The van der Waals surface area contributed by atoms with Crippen LogP contribution in [-0.4, -0.2) is 53.0 Å². The van der Waals surface area contributed by atoms with Gasteiger partial charge in [-0.15, -0.1) is 0 Å². The second-order valence-corrected chi connectivity index (χ2v) is 10.3. The molecule has 1 aromatic heterocycles. The van der Waals surface area contributed by atoms with Crippen molar-refractivity contribution in [3.63, 3.8) is 0 Å². The van der Waals surface area contributed by atoms with Gasteiger partial charge in [-0.1, -0.05) is 44.2 Å². The summed E-state index contributed by atoms with van der Waals surface area (Å²) in [6, 6.07) is 2.11. The summed E-state index contributed by atoms with van der Waals surface area (Å²) < 4.78 is 7.36. The van der Waals surface area contributed by atoms with Crippen LogP contribution in [0.2, 0.25) is 0 Å². The fourth-order valence-electron chi connectivity index (χ4n) is 4.24. The first kappa shape index (κ1) is 25.5. The molecule has 0 atom stereocenters. The lowest BCUT2D eigenvalue weighted by Crippen LogP contribution is -2.39. The Morgan fingerprint density at radius 1 is 1.27 bits per heavy atom. The van der Waals surface area contributed by atoms with E-state index in [1.807, 2.05) is 6.08 Å². The lowest BCUT2D eigenvalue weighted by atomic mass is 9.97. The number of anilines is 1. The molecular weight excluding hydrogens is 456 g/mol. The van der Waals surface area contributed by atoms with E-state index in [-0.39, 0.29) is 17.0 Å². The lowest BCUT2D eigenvalue weighted by Gasteiger charge is -2.35. The van der Waals surface area contributed by atoms with Crippen molar-refractivity contribution in [1.82, 2.24) is 9.47 Å². The summed E-state index contributed by atoms with van der Waals surface area (Å²) in [5, 5.41) is 9.79. The molecule has 2 fully saturated rings. The van der Waals surface area contributed by atoms with E-state index >= 15 is 0 Å². The molecule has 9 heteroatoms. The van der Waals surface area contributed by atoms with E-state index in [0.29, 0.717) is 40.4 Å². The highest BCUT2D eigenvalue weighted by molar-refractivity contribution is 8.26. The van der Waals surface area contributed by atoms with Gasteiger partial charge in [0.05, 0.1) is 18.1 Å². The van der Waals surface area contributed by atoms with Crippen LogP contribution in [0.25, 0.3) is 6.08 Å². The number of methoxy groups -OCH3 is 1. The summed E-state index contributed by atoms with van der Waals surface area (Å²) in [6.07, 6.45) is 5.69. The first-order valence-electron chi connectivity index (χ1n) is 11.5. The zero-order valence-corrected chi connectivity index (χ0v) is 21.5. The highest BCUT2D eigenvalue weighted by atomic mass is 32.2. The van der Waals surface area contributed by atoms with E-state index in [2.05, 4.69) is 24.8 Å². The Morgan fingerprint density at radius 2 is 1.97 bits per heavy atom. The fraction of sp³-hybridized carbons (Fsp3) is 0.583. The van der Waals surface area contributed by atoms with Crippen LogP contribution in [0.4, 0.5) is 5.82 Å². The number of ether oxygens (including phenoxy) is 1. The average molecular weight is 489 g/mol. The molecule has 2 aliphatic rings. The number of carbonyl (C=O) groups is 1. The molecular formula is C24H32N4O3S2. The number of hydrogen-bond donors (Lipinski definition) is 0. The summed E-state index contributed by atoms with van der Waals surface area (Å²) in [7, 11) is 1.59. The van der Waals surface area contributed by atoms with Crippen molar-refractivity contribution < 1.29 is 9.53 Å². The Kier molecular flexibility index (Phi) is 8.74. The monoisotopic (exact) mass is 488 g/mol. The summed E-state index contributed by atoms with van der Waals surface area (Å²) in [6.45, 7) is 9.15. The molecule has 3 rings (SSSR count). The van der Waals surface area contributed by atoms with Crippen molar-refractivity contribution in [2.75, 3.05) is 38.3 Å². The number of carbonyl (C=O) groups excluding carboxylic acids is 1. The summed E-state index contributed by atoms with van der Waals surface area (Å²) >= 11 is 6.69. The molecule has 0 bridgehead atoms. The van der Waals surface area contributed by atoms with Gasteiger partial charge in [-0.2, -0.15) is 5.26 Å². The highest BCUT2D eigenvalue weighted by Gasteiger charge is 2.33. The second-order valence-electron chi connectivity index (χ2n) is 8.66. The van der Waals surface area contributed by atoms with Crippen LogP contribution >= 0.6 is 24.0 Å². The standard InChI is InChI=1S/C24H32N4O3S2/c1-5-6-9-27-21(26-10-7-16(2)8-11-26)18(17(3)19(15-25)22(27)29)14-20-23(30)28(12-13-31-4)24(32)33-20/h14,16H,5-13H2,1-4H3. The molecule has 2 aliphatic heterocycles. The molecule has 0 aromatic carbocycles. The highest BCUT2D eigenvalue weighted by Crippen LogP contribution is 2.36. The molecule has 0 radical (unpaired) electrons. The van der Waals surface area contributed by atoms with Crippen molar-refractivity contribution >= 4 is 46.1 Å². The van der Waals surface area contributed by atoms with Crippen LogP contribution in [0.3, 0.4) is 0 Å². The van der Waals surface area contributed by atoms with Crippen molar-refractivity contribution in [2.24, 2.45) is 5.92 Å². The van der Waals surface area contributed by atoms with Gasteiger partial charge in [0.15, 0.2) is 0 Å². The van der Waals surface area contributed by atoms with Crippen molar-refractivity contribution in [3.8, 4) is 6.07 Å². The molecule has 3 heterocycles. The van der Waals surface area contributed by atoms with Crippen LogP contribution in [-0.2, 0) is 16.1 Å². The van der Waals surface area contributed by atoms with E-state index in [1.54, 1.807) is 23.5 Å². The number of thiocarbonyl (C=S) groups is 1. The number of pyridine rings is 1. The predicted molar refractivity (Wildman–Crippen MR) is 137 cm³/mol. The molecule has 0 unspecified atom stereocenters. The van der Waals surface area contributed by atoms with Gasteiger partial charge in [-0.3, -0.25) is 19.1 Å². The third-order valence-electron chi connectivity index (χ3n) is 6.33. The van der Waals surface area contributed by atoms with E-state index in [0.717, 1.165) is 50.2 Å². The second kappa shape index (κ2) is 11.3. The molecule has 2 saturated heterocycles. The minimum absolute atomic E-state index is 0.140. The molecule has 178 valence electrons. The smallest absolute Gasteiger partial charge is 0.270 e. The van der Waals surface area contributed by atoms with Crippen LogP contribution in [0.1, 0.15) is 56.2 Å². The van der Waals surface area contributed by atoms with Crippen molar-refractivity contribution in [2.45, 2.75) is 53.0 Å². The van der Waals surface area contributed by atoms with Gasteiger partial charge in [-0.25, -0.2) is 0 Å². The maximum atomic E-state index is 13.3. The first-order chi connectivity index (χ1) is 15.8. The van der Waals surface area contributed by atoms with Gasteiger partial charge < -0.3 is 9.64 Å². The van der Waals surface area contributed by atoms with Crippen molar-refractivity contribution in [1.29, 1.82) is 5.26 Å². The number of amides is 1. The number of unbranched alkanes of at least 4 members (excludes halogenated alkanes) is 1. The van der Waals surface area contributed by atoms with Crippen LogP contribution < -0.4 is 10.5 Å². The Balaban J connectivity index is 2.18. The van der Waals surface area contributed by atoms with E-state index in [9.17, 15) is 14.9 Å². The third-order valence-corrected chi connectivity index (χ3v) is 7.71. The minimum atomic E-state index is -0.248. The van der Waals surface area contributed by atoms with Crippen LogP contribution in [0.15, 0.2) is 9.70 Å². The summed E-state index contributed by atoms with van der Waals surface area (Å²) in [5.41, 5.74) is 1.28. The SMILES string of the molecule is CCCCn1c(N2CCC(C)CC2)c(C=C2SC(=S)N(CCOC)C2=O)c(C)c(C#N)c1=O. The van der Waals surface area contributed by atoms with E-state index < -0.39 is 0 Å². The molecule has 7 nitrogen and oxygen atoms in total. The quantitative estimate of drug-likeness (QED) is 0.405. The summed E-state index contributed by atoms with van der Waals surface area (Å²) in [4.78, 5) is 30.7. The Bertz CT molecular complexity index is 1050. The zero-order chi connectivity index (χ0) is 24.1. The largest absolute Gasteiger partial charge is 0.383 e. The van der Waals surface area contributed by atoms with Gasteiger partial charge in [0.1, 0.15) is 21.8 Å². The normalized spacial score (nSPS) is 18.5. The van der Waals surface area contributed by atoms with Gasteiger partial charge in [0.2, 0.25) is 0 Å². The van der Waals surface area contributed by atoms with Gasteiger partial charge >= 0.3 is 0 Å². The topological polar surface area (TPSA) is 78.6 Å². The molecule has 0 N–H and O–H groups in total. The number of nitriles is 1. The number of aromatic nitrogens is 1. The maximum Gasteiger partial charge on any atom is 0.270 e. The van der Waals surface area contributed by atoms with Gasteiger partial charge in [-0.05, 0) is 43.7 Å². The number of thioether (sulfide) groups is 1. The molecule has 0 saturated carbocycles. The fourth-order valence-corrected chi connectivity index (χ4v) is 5.53. The maximum absolute atomic E-state index is 13.3. The van der Waals surface area contributed by atoms with Crippen LogP contribution in [0, 0.1) is 24.2 Å². The molecule has 1 aromatic rings. The molecule has 33 heavy (non-hydrogen) atoms. The molecule has 0 aliphatic carbocycles. The Labute approximate surface area is 205 Å². The lowest BCUT2D eigenvalue weighted by molar-refractivity contribution is -0.122. The van der Waals surface area contributed by atoms with E-state index in [1.165, 1.54) is 11.8 Å².